The Morgan fingerprint density at radius 3 is 2.59 bits per heavy atom. The Bertz CT molecular complexity index is 695. The van der Waals surface area contributed by atoms with E-state index < -0.39 is 33.6 Å². The third-order valence-corrected chi connectivity index (χ3v) is 2.18. The number of halogens is 2. The van der Waals surface area contributed by atoms with Crippen LogP contribution in [-0.4, -0.2) is 15.0 Å². The van der Waals surface area contributed by atoms with Crippen molar-refractivity contribution in [2.24, 2.45) is 0 Å². The number of aromatic amines is 1. The molecule has 1 heterocycles. The van der Waals surface area contributed by atoms with Crippen LogP contribution in [0.4, 0.5) is 14.5 Å². The van der Waals surface area contributed by atoms with Crippen molar-refractivity contribution >= 4 is 16.6 Å². The van der Waals surface area contributed by atoms with Gasteiger partial charge in [-0.2, -0.15) is 4.39 Å². The molecule has 0 spiro atoms. The van der Waals surface area contributed by atoms with Crippen molar-refractivity contribution in [2.75, 3.05) is 0 Å². The molecular weight excluding hydrogens is 238 g/mol. The summed E-state index contributed by atoms with van der Waals surface area (Å²) in [7, 11) is 0. The Morgan fingerprint density at radius 1 is 1.35 bits per heavy atom. The van der Waals surface area contributed by atoms with E-state index in [9.17, 15) is 23.7 Å². The molecule has 8 heteroatoms. The number of pyridine rings is 1. The molecule has 0 amide bonds. The highest BCUT2D eigenvalue weighted by molar-refractivity contribution is 5.89. The number of H-pyrrole nitrogens is 1. The monoisotopic (exact) mass is 242 g/mol. The van der Waals surface area contributed by atoms with Crippen molar-refractivity contribution in [3.63, 3.8) is 0 Å². The van der Waals surface area contributed by atoms with Gasteiger partial charge < -0.3 is 10.1 Å². The van der Waals surface area contributed by atoms with Crippen LogP contribution in [-0.2, 0) is 0 Å². The second kappa shape index (κ2) is 3.51. The summed E-state index contributed by atoms with van der Waals surface area (Å²) in [5, 5.41) is 19.3. The van der Waals surface area contributed by atoms with Crippen LogP contribution in [0.15, 0.2) is 16.9 Å². The summed E-state index contributed by atoms with van der Waals surface area (Å²) in [4.78, 5) is 22.5. The fourth-order valence-electron chi connectivity index (χ4n) is 1.44. The number of hydrogen-bond acceptors (Lipinski definition) is 4. The van der Waals surface area contributed by atoms with Gasteiger partial charge in [0.1, 0.15) is 0 Å². The van der Waals surface area contributed by atoms with Crippen molar-refractivity contribution in [2.45, 2.75) is 0 Å². The lowest BCUT2D eigenvalue weighted by molar-refractivity contribution is -0.385. The molecule has 88 valence electrons. The van der Waals surface area contributed by atoms with Gasteiger partial charge in [-0.3, -0.25) is 14.9 Å². The molecule has 2 aromatic rings. The van der Waals surface area contributed by atoms with Crippen LogP contribution in [0.1, 0.15) is 0 Å². The summed E-state index contributed by atoms with van der Waals surface area (Å²) >= 11 is 0. The zero-order valence-corrected chi connectivity index (χ0v) is 8.03. The standard InChI is InChI=1S/C9H4F2N2O4/c10-4-2-5-3(1-6(14)9(15)12-5)8(7(4)11)13(16)17/h1-2,14H,(H,12,15). The molecule has 6 nitrogen and oxygen atoms in total. The average molecular weight is 242 g/mol. The molecular formula is C9H4F2N2O4. The molecule has 0 aliphatic carbocycles. The summed E-state index contributed by atoms with van der Waals surface area (Å²) in [6.07, 6.45) is 0. The third-order valence-electron chi connectivity index (χ3n) is 2.18. The molecule has 0 saturated carbocycles. The van der Waals surface area contributed by atoms with Gasteiger partial charge in [-0.25, -0.2) is 4.39 Å². The van der Waals surface area contributed by atoms with E-state index in [2.05, 4.69) is 0 Å². The molecule has 0 aliphatic heterocycles. The van der Waals surface area contributed by atoms with Crippen LogP contribution in [0.25, 0.3) is 10.9 Å². The van der Waals surface area contributed by atoms with Crippen molar-refractivity contribution in [3.8, 4) is 5.75 Å². The van der Waals surface area contributed by atoms with E-state index in [0.717, 1.165) is 6.07 Å². The van der Waals surface area contributed by atoms with Crippen LogP contribution >= 0.6 is 0 Å². The largest absolute Gasteiger partial charge is 0.503 e. The maximum Gasteiger partial charge on any atom is 0.317 e. The molecule has 0 radical (unpaired) electrons. The lowest BCUT2D eigenvalue weighted by Crippen LogP contribution is -2.07. The second-order valence-electron chi connectivity index (χ2n) is 3.22. The number of fused-ring (bicyclic) bond motifs is 1. The predicted molar refractivity (Wildman–Crippen MR) is 52.8 cm³/mol. The molecule has 0 saturated heterocycles. The van der Waals surface area contributed by atoms with E-state index in [1.54, 1.807) is 0 Å². The number of benzene rings is 1. The normalized spacial score (nSPS) is 10.7. The number of nitro benzene ring substituents is 1. The number of hydrogen-bond donors (Lipinski definition) is 2. The molecule has 2 N–H and O–H groups in total. The molecule has 17 heavy (non-hydrogen) atoms. The summed E-state index contributed by atoms with van der Waals surface area (Å²) in [6, 6.07) is 1.33. The Labute approximate surface area is 91.3 Å². The molecule has 0 fully saturated rings. The zero-order valence-electron chi connectivity index (χ0n) is 8.03. The average Bonchev–Trinajstić information content (AvgIpc) is 2.23. The number of nitrogens with one attached hydrogen (secondary N) is 1. The van der Waals surface area contributed by atoms with Crippen LogP contribution in [0.5, 0.6) is 5.75 Å². The molecule has 2 rings (SSSR count). The van der Waals surface area contributed by atoms with Crippen molar-refractivity contribution in [1.82, 2.24) is 4.98 Å². The minimum absolute atomic E-state index is 0.265. The second-order valence-corrected chi connectivity index (χ2v) is 3.22. The zero-order chi connectivity index (χ0) is 12.7. The summed E-state index contributed by atoms with van der Waals surface area (Å²) in [5.74, 6) is -3.91. The highest BCUT2D eigenvalue weighted by Gasteiger charge is 2.24. The van der Waals surface area contributed by atoms with E-state index in [4.69, 9.17) is 5.11 Å². The summed E-state index contributed by atoms with van der Waals surface area (Å²) in [5.41, 5.74) is -2.34. The van der Waals surface area contributed by atoms with Crippen molar-refractivity contribution in [3.05, 3.63) is 44.2 Å². The van der Waals surface area contributed by atoms with E-state index in [1.807, 2.05) is 4.98 Å². The van der Waals surface area contributed by atoms with Crippen LogP contribution in [0.3, 0.4) is 0 Å². The van der Waals surface area contributed by atoms with Crippen LogP contribution in [0.2, 0.25) is 0 Å². The first-order valence-corrected chi connectivity index (χ1v) is 4.30. The van der Waals surface area contributed by atoms with Gasteiger partial charge in [0.25, 0.3) is 5.56 Å². The van der Waals surface area contributed by atoms with E-state index in [1.165, 1.54) is 0 Å². The quantitative estimate of drug-likeness (QED) is 0.583. The van der Waals surface area contributed by atoms with E-state index >= 15 is 0 Å². The Balaban J connectivity index is 3.03. The lowest BCUT2D eigenvalue weighted by atomic mass is 10.1. The molecule has 0 atom stereocenters. The first kappa shape index (κ1) is 11.0. The van der Waals surface area contributed by atoms with Gasteiger partial charge in [0.15, 0.2) is 11.6 Å². The first-order valence-electron chi connectivity index (χ1n) is 4.30. The minimum atomic E-state index is -1.64. The Kier molecular flexibility index (Phi) is 2.27. The number of rotatable bonds is 1. The van der Waals surface area contributed by atoms with Crippen molar-refractivity contribution in [1.29, 1.82) is 0 Å². The molecule has 1 aromatic carbocycles. The smallest absolute Gasteiger partial charge is 0.317 e. The van der Waals surface area contributed by atoms with Gasteiger partial charge in [0, 0.05) is 12.1 Å². The molecule has 1 aromatic heterocycles. The van der Waals surface area contributed by atoms with Gasteiger partial charge in [0.2, 0.25) is 5.82 Å². The van der Waals surface area contributed by atoms with E-state index in [0.29, 0.717) is 6.07 Å². The van der Waals surface area contributed by atoms with Gasteiger partial charge in [-0.1, -0.05) is 0 Å². The molecule has 0 aliphatic rings. The Morgan fingerprint density at radius 2 is 2.00 bits per heavy atom. The number of aromatic nitrogens is 1. The summed E-state index contributed by atoms with van der Waals surface area (Å²) < 4.78 is 26.3. The van der Waals surface area contributed by atoms with Gasteiger partial charge in [-0.05, 0) is 0 Å². The third kappa shape index (κ3) is 1.59. The summed E-state index contributed by atoms with van der Waals surface area (Å²) in [6.45, 7) is 0. The SMILES string of the molecule is O=c1[nH]c2cc(F)c(F)c([N+](=O)[O-])c2cc1O. The predicted octanol–water partition coefficient (Wildman–Crippen LogP) is 1.42. The fourth-order valence-corrected chi connectivity index (χ4v) is 1.44. The molecule has 0 bridgehead atoms. The van der Waals surface area contributed by atoms with Gasteiger partial charge in [-0.15, -0.1) is 0 Å². The van der Waals surface area contributed by atoms with Gasteiger partial charge >= 0.3 is 5.69 Å². The Hall–Kier alpha value is -2.51. The maximum atomic E-state index is 13.2. The maximum absolute atomic E-state index is 13.2. The number of aromatic hydroxyl groups is 1. The topological polar surface area (TPSA) is 96.2 Å². The lowest BCUT2D eigenvalue weighted by Gasteiger charge is -2.02. The molecule has 0 unspecified atom stereocenters. The minimum Gasteiger partial charge on any atom is -0.503 e. The first-order chi connectivity index (χ1) is 7.91. The van der Waals surface area contributed by atoms with Gasteiger partial charge in [0.05, 0.1) is 15.8 Å². The fraction of sp³-hybridized carbons (Fsp3) is 0. The highest BCUT2D eigenvalue weighted by Crippen LogP contribution is 2.30. The van der Waals surface area contributed by atoms with Crippen molar-refractivity contribution < 1.29 is 18.8 Å². The number of nitrogens with zero attached hydrogens (tertiary/aromatic N) is 1. The van der Waals surface area contributed by atoms with Crippen LogP contribution in [0, 0.1) is 21.7 Å². The van der Waals surface area contributed by atoms with E-state index in [-0.39, 0.29) is 10.9 Å². The number of nitro groups is 1. The van der Waals surface area contributed by atoms with Crippen LogP contribution < -0.4 is 5.56 Å². The highest BCUT2D eigenvalue weighted by atomic mass is 19.2.